The van der Waals surface area contributed by atoms with Crippen LogP contribution in [-0.2, 0) is 11.2 Å². The summed E-state index contributed by atoms with van der Waals surface area (Å²) in [4.78, 5) is 0.224. The minimum atomic E-state index is -0.804. The van der Waals surface area contributed by atoms with E-state index in [0.717, 1.165) is 18.1 Å². The van der Waals surface area contributed by atoms with Crippen molar-refractivity contribution in [3.8, 4) is 0 Å². The van der Waals surface area contributed by atoms with Gasteiger partial charge in [0.25, 0.3) is 0 Å². The summed E-state index contributed by atoms with van der Waals surface area (Å²) in [6.07, 6.45) is 1.51. The predicted octanol–water partition coefficient (Wildman–Crippen LogP) is 3.31. The summed E-state index contributed by atoms with van der Waals surface area (Å²) in [6, 6.07) is 3.98. The van der Waals surface area contributed by atoms with Gasteiger partial charge >= 0.3 is 0 Å². The Morgan fingerprint density at radius 1 is 1.33 bits per heavy atom. The van der Waals surface area contributed by atoms with Crippen LogP contribution in [0.25, 0.3) is 0 Å². The number of ether oxygens (including phenoxy) is 1. The normalized spacial score (nSPS) is 12.8. The summed E-state index contributed by atoms with van der Waals surface area (Å²) in [6.45, 7) is 0.652. The molecule has 1 rings (SSSR count). The zero-order chi connectivity index (χ0) is 11.3. The van der Waals surface area contributed by atoms with Gasteiger partial charge in [-0.1, -0.05) is 22.0 Å². The van der Waals surface area contributed by atoms with Gasteiger partial charge in [-0.05, 0) is 30.5 Å². The highest BCUT2D eigenvalue weighted by atomic mass is 79.9. The molecule has 1 unspecified atom stereocenters. The molecule has 0 aliphatic carbocycles. The fourth-order valence-corrected chi connectivity index (χ4v) is 1.83. The number of benzene rings is 1. The summed E-state index contributed by atoms with van der Waals surface area (Å²) in [5.74, 6) is -1.60. The molecule has 1 nitrogen and oxygen atoms in total. The van der Waals surface area contributed by atoms with E-state index in [9.17, 15) is 8.78 Å². The Hall–Kier alpha value is -0.480. The lowest BCUT2D eigenvalue weighted by atomic mass is 10.1. The summed E-state index contributed by atoms with van der Waals surface area (Å²) in [7, 11) is 1.64. The third-order valence-electron chi connectivity index (χ3n) is 2.08. The molecule has 15 heavy (non-hydrogen) atoms. The Kier molecular flexibility index (Phi) is 5.19. The van der Waals surface area contributed by atoms with Crippen LogP contribution < -0.4 is 0 Å². The number of hydrogen-bond acceptors (Lipinski definition) is 1. The van der Waals surface area contributed by atoms with Crippen molar-refractivity contribution in [2.24, 2.45) is 0 Å². The van der Waals surface area contributed by atoms with Gasteiger partial charge < -0.3 is 4.74 Å². The molecule has 1 aromatic rings. The minimum Gasteiger partial charge on any atom is -0.385 e. The van der Waals surface area contributed by atoms with Crippen LogP contribution >= 0.6 is 15.9 Å². The number of hydrogen-bond donors (Lipinski definition) is 0. The van der Waals surface area contributed by atoms with Crippen LogP contribution in [0.3, 0.4) is 0 Å². The highest BCUT2D eigenvalue weighted by Gasteiger charge is 2.08. The first-order valence-corrected chi connectivity index (χ1v) is 5.62. The number of rotatable bonds is 5. The average molecular weight is 279 g/mol. The first-order valence-electron chi connectivity index (χ1n) is 4.70. The quantitative estimate of drug-likeness (QED) is 0.751. The van der Waals surface area contributed by atoms with Gasteiger partial charge in [-0.2, -0.15) is 0 Å². The van der Waals surface area contributed by atoms with Gasteiger partial charge in [0.1, 0.15) is 0 Å². The van der Waals surface area contributed by atoms with E-state index >= 15 is 0 Å². The van der Waals surface area contributed by atoms with Crippen molar-refractivity contribution < 1.29 is 13.5 Å². The first-order chi connectivity index (χ1) is 7.13. The molecule has 4 heteroatoms. The summed E-state index contributed by atoms with van der Waals surface area (Å²) in [5, 5.41) is 0. The molecule has 1 atom stereocenters. The van der Waals surface area contributed by atoms with E-state index < -0.39 is 11.6 Å². The molecule has 0 radical (unpaired) electrons. The molecule has 0 aromatic heterocycles. The van der Waals surface area contributed by atoms with Crippen molar-refractivity contribution in [2.75, 3.05) is 13.7 Å². The van der Waals surface area contributed by atoms with E-state index in [1.165, 1.54) is 6.07 Å². The largest absolute Gasteiger partial charge is 0.385 e. The molecule has 0 fully saturated rings. The van der Waals surface area contributed by atoms with Crippen molar-refractivity contribution in [3.05, 3.63) is 35.4 Å². The van der Waals surface area contributed by atoms with Gasteiger partial charge in [-0.3, -0.25) is 0 Å². The zero-order valence-electron chi connectivity index (χ0n) is 8.47. The summed E-state index contributed by atoms with van der Waals surface area (Å²) < 4.78 is 30.4. The van der Waals surface area contributed by atoms with Gasteiger partial charge in [0.2, 0.25) is 0 Å². The van der Waals surface area contributed by atoms with Crippen LogP contribution in [0.5, 0.6) is 0 Å². The fourth-order valence-electron chi connectivity index (χ4n) is 1.27. The predicted molar refractivity (Wildman–Crippen MR) is 59.3 cm³/mol. The highest BCUT2D eigenvalue weighted by Crippen LogP contribution is 2.15. The third-order valence-corrected chi connectivity index (χ3v) is 2.86. The Balaban J connectivity index is 2.53. The molecule has 0 bridgehead atoms. The van der Waals surface area contributed by atoms with Crippen molar-refractivity contribution >= 4 is 15.9 Å². The lowest BCUT2D eigenvalue weighted by Crippen LogP contribution is -2.06. The lowest BCUT2D eigenvalue weighted by molar-refractivity contribution is 0.194. The smallest absolute Gasteiger partial charge is 0.159 e. The Morgan fingerprint density at radius 3 is 2.67 bits per heavy atom. The van der Waals surface area contributed by atoms with Crippen LogP contribution in [-0.4, -0.2) is 18.5 Å². The van der Waals surface area contributed by atoms with E-state index in [-0.39, 0.29) is 4.83 Å². The molecule has 0 saturated carbocycles. The lowest BCUT2D eigenvalue weighted by Gasteiger charge is -2.09. The van der Waals surface area contributed by atoms with Crippen LogP contribution in [0.4, 0.5) is 8.78 Å². The van der Waals surface area contributed by atoms with E-state index in [1.807, 2.05) is 0 Å². The van der Waals surface area contributed by atoms with Crippen LogP contribution in [0.2, 0.25) is 0 Å². The molecule has 0 spiro atoms. The molecule has 0 amide bonds. The monoisotopic (exact) mass is 278 g/mol. The third kappa shape index (κ3) is 4.26. The molecule has 0 heterocycles. The second-order valence-corrected chi connectivity index (χ2v) is 4.63. The van der Waals surface area contributed by atoms with Gasteiger partial charge in [0, 0.05) is 18.5 Å². The van der Waals surface area contributed by atoms with Gasteiger partial charge in [-0.25, -0.2) is 8.78 Å². The van der Waals surface area contributed by atoms with E-state index in [4.69, 9.17) is 4.74 Å². The highest BCUT2D eigenvalue weighted by molar-refractivity contribution is 9.09. The van der Waals surface area contributed by atoms with Gasteiger partial charge in [-0.15, -0.1) is 0 Å². The maximum absolute atomic E-state index is 12.9. The van der Waals surface area contributed by atoms with Crippen molar-refractivity contribution in [1.82, 2.24) is 0 Å². The summed E-state index contributed by atoms with van der Waals surface area (Å²) >= 11 is 3.46. The van der Waals surface area contributed by atoms with Gasteiger partial charge in [0.15, 0.2) is 11.6 Å². The van der Waals surface area contributed by atoms with E-state index in [0.29, 0.717) is 13.0 Å². The Morgan fingerprint density at radius 2 is 2.07 bits per heavy atom. The molecule has 0 aliphatic heterocycles. The second-order valence-electron chi connectivity index (χ2n) is 3.33. The molecular formula is C11H13BrF2O. The number of halogens is 3. The minimum absolute atomic E-state index is 0.224. The molecular weight excluding hydrogens is 266 g/mol. The Labute approximate surface area is 96.6 Å². The topological polar surface area (TPSA) is 9.23 Å². The second kappa shape index (κ2) is 6.18. The van der Waals surface area contributed by atoms with Crippen LogP contribution in [0.15, 0.2) is 18.2 Å². The number of methoxy groups -OCH3 is 1. The Bertz CT molecular complexity index is 317. The fraction of sp³-hybridized carbons (Fsp3) is 0.455. The first kappa shape index (κ1) is 12.6. The number of alkyl halides is 1. The van der Waals surface area contributed by atoms with Crippen LogP contribution in [0.1, 0.15) is 12.0 Å². The summed E-state index contributed by atoms with van der Waals surface area (Å²) in [5.41, 5.74) is 0.784. The maximum atomic E-state index is 12.9. The van der Waals surface area contributed by atoms with E-state index in [2.05, 4.69) is 15.9 Å². The molecule has 0 N–H and O–H groups in total. The zero-order valence-corrected chi connectivity index (χ0v) is 10.1. The molecule has 84 valence electrons. The molecule has 0 saturated heterocycles. The van der Waals surface area contributed by atoms with Crippen molar-refractivity contribution in [2.45, 2.75) is 17.7 Å². The van der Waals surface area contributed by atoms with Crippen molar-refractivity contribution in [3.63, 3.8) is 0 Å². The van der Waals surface area contributed by atoms with E-state index in [1.54, 1.807) is 13.2 Å². The van der Waals surface area contributed by atoms with Crippen molar-refractivity contribution in [1.29, 1.82) is 0 Å². The average Bonchev–Trinajstić information content (AvgIpc) is 2.20. The maximum Gasteiger partial charge on any atom is 0.159 e. The van der Waals surface area contributed by atoms with Crippen LogP contribution in [0, 0.1) is 11.6 Å². The molecule has 0 aliphatic rings. The molecule has 1 aromatic carbocycles. The SMILES string of the molecule is COCCC(Br)Cc1ccc(F)c(F)c1. The van der Waals surface area contributed by atoms with Gasteiger partial charge in [0.05, 0.1) is 0 Å². The standard InChI is InChI=1S/C11H13BrF2O/c1-15-5-4-9(12)6-8-2-3-10(13)11(14)7-8/h2-3,7,9H,4-6H2,1H3.